The van der Waals surface area contributed by atoms with Crippen molar-refractivity contribution >= 4 is 54.9 Å². The Kier molecular flexibility index (Phi) is 5.65. The number of hydrogen-bond acceptors (Lipinski definition) is 7. The zero-order valence-corrected chi connectivity index (χ0v) is 20.6. The first-order valence-corrected chi connectivity index (χ1v) is 12.6. The Hall–Kier alpha value is -4.56. The molecule has 0 radical (unpaired) electrons. The quantitative estimate of drug-likeness (QED) is 0.182. The van der Waals surface area contributed by atoms with Crippen molar-refractivity contribution in [3.8, 4) is 5.75 Å². The predicted octanol–water partition coefficient (Wildman–Crippen LogP) is 5.87. The lowest BCUT2D eigenvalue weighted by molar-refractivity contribution is -0.132. The fraction of sp³-hybridized carbons (Fsp3) is 0.103. The van der Waals surface area contributed by atoms with E-state index in [0.717, 1.165) is 15.5 Å². The molecule has 7 nitrogen and oxygen atoms in total. The molecule has 1 unspecified atom stereocenters. The van der Waals surface area contributed by atoms with Crippen LogP contribution in [-0.2, 0) is 9.59 Å². The summed E-state index contributed by atoms with van der Waals surface area (Å²) in [5, 5.41) is 13.6. The second-order valence-corrected chi connectivity index (χ2v) is 9.55. The van der Waals surface area contributed by atoms with Crippen molar-refractivity contribution < 1.29 is 19.4 Å². The monoisotopic (exact) mass is 507 g/mol. The van der Waals surface area contributed by atoms with Gasteiger partial charge in [0.2, 0.25) is 0 Å². The van der Waals surface area contributed by atoms with E-state index in [0.29, 0.717) is 34.1 Å². The number of anilines is 1. The second-order valence-electron chi connectivity index (χ2n) is 8.54. The highest BCUT2D eigenvalue weighted by atomic mass is 32.1. The molecule has 1 aliphatic rings. The Bertz CT molecular complexity index is 1710. The minimum atomic E-state index is -0.889. The predicted molar refractivity (Wildman–Crippen MR) is 144 cm³/mol. The highest BCUT2D eigenvalue weighted by Crippen LogP contribution is 2.45. The lowest BCUT2D eigenvalue weighted by atomic mass is 9.94. The Morgan fingerprint density at radius 2 is 1.89 bits per heavy atom. The van der Waals surface area contributed by atoms with Crippen LogP contribution in [0.15, 0.2) is 90.8 Å². The average Bonchev–Trinajstić information content (AvgIpc) is 3.46. The molecular weight excluding hydrogens is 486 g/mol. The van der Waals surface area contributed by atoms with Crippen molar-refractivity contribution in [1.82, 2.24) is 9.97 Å². The topological polar surface area (TPSA) is 92.6 Å². The van der Waals surface area contributed by atoms with E-state index in [9.17, 15) is 14.7 Å². The third-order valence-electron chi connectivity index (χ3n) is 6.36. The number of rotatable bonds is 5. The van der Waals surface area contributed by atoms with E-state index in [4.69, 9.17) is 4.74 Å². The van der Waals surface area contributed by atoms with Gasteiger partial charge >= 0.3 is 5.91 Å². The molecule has 0 spiro atoms. The summed E-state index contributed by atoms with van der Waals surface area (Å²) in [6.45, 7) is 2.44. The maximum absolute atomic E-state index is 13.5. The molecule has 0 saturated carbocycles. The van der Waals surface area contributed by atoms with Gasteiger partial charge in [-0.3, -0.25) is 19.5 Å². The lowest BCUT2D eigenvalue weighted by Gasteiger charge is -2.22. The number of hydrogen-bond donors (Lipinski definition) is 1. The van der Waals surface area contributed by atoms with Crippen LogP contribution in [0.5, 0.6) is 5.75 Å². The van der Waals surface area contributed by atoms with Gasteiger partial charge in [-0.2, -0.15) is 0 Å². The molecule has 3 aromatic carbocycles. The van der Waals surface area contributed by atoms with E-state index in [1.807, 2.05) is 61.5 Å². The number of thiazole rings is 1. The largest absolute Gasteiger partial charge is 0.507 e. The molecule has 3 heterocycles. The second kappa shape index (κ2) is 9.15. The number of nitrogens with zero attached hydrogens (tertiary/aromatic N) is 3. The number of aliphatic hydroxyl groups is 1. The van der Waals surface area contributed by atoms with Crippen LogP contribution in [0.25, 0.3) is 26.7 Å². The fourth-order valence-corrected chi connectivity index (χ4v) is 5.73. The summed E-state index contributed by atoms with van der Waals surface area (Å²) < 4.78 is 6.43. The van der Waals surface area contributed by atoms with Crippen molar-refractivity contribution in [2.75, 3.05) is 11.5 Å². The molecule has 1 amide bonds. The highest BCUT2D eigenvalue weighted by Gasteiger charge is 2.48. The van der Waals surface area contributed by atoms with E-state index in [2.05, 4.69) is 9.97 Å². The smallest absolute Gasteiger partial charge is 0.301 e. The summed E-state index contributed by atoms with van der Waals surface area (Å²) in [6, 6.07) is 21.2. The van der Waals surface area contributed by atoms with Gasteiger partial charge in [-0.25, -0.2) is 4.98 Å². The normalized spacial score (nSPS) is 17.1. The van der Waals surface area contributed by atoms with E-state index in [1.54, 1.807) is 30.6 Å². The first kappa shape index (κ1) is 22.9. The summed E-state index contributed by atoms with van der Waals surface area (Å²) in [6.07, 6.45) is 3.22. The summed E-state index contributed by atoms with van der Waals surface area (Å²) in [7, 11) is 0. The first-order valence-electron chi connectivity index (χ1n) is 11.8. The number of carbonyl (C=O) groups excluding carboxylic acids is 2. The molecule has 1 saturated heterocycles. The van der Waals surface area contributed by atoms with Crippen molar-refractivity contribution in [3.63, 3.8) is 0 Å². The van der Waals surface area contributed by atoms with Gasteiger partial charge in [0, 0.05) is 18.0 Å². The number of carbonyl (C=O) groups is 2. The van der Waals surface area contributed by atoms with Crippen LogP contribution in [0.3, 0.4) is 0 Å². The number of ketones is 1. The van der Waals surface area contributed by atoms with Gasteiger partial charge in [0.25, 0.3) is 5.78 Å². The Morgan fingerprint density at radius 1 is 1.05 bits per heavy atom. The number of Topliss-reactive ketones (excluding diaryl/α,β-unsaturated/α-hetero) is 1. The maximum atomic E-state index is 13.5. The third kappa shape index (κ3) is 3.82. The number of aliphatic hydroxyl groups excluding tert-OH is 1. The third-order valence-corrected chi connectivity index (χ3v) is 7.37. The van der Waals surface area contributed by atoms with Gasteiger partial charge in [-0.05, 0) is 47.5 Å². The molecule has 6 rings (SSSR count). The van der Waals surface area contributed by atoms with Crippen LogP contribution in [-0.4, -0.2) is 33.4 Å². The molecule has 1 atom stereocenters. The van der Waals surface area contributed by atoms with Crippen LogP contribution >= 0.6 is 11.3 Å². The van der Waals surface area contributed by atoms with Gasteiger partial charge in [0.1, 0.15) is 11.5 Å². The Morgan fingerprint density at radius 3 is 2.70 bits per heavy atom. The van der Waals surface area contributed by atoms with E-state index in [-0.39, 0.29) is 11.3 Å². The number of ether oxygens (including phenoxy) is 1. The minimum Gasteiger partial charge on any atom is -0.507 e. The Labute approximate surface area is 216 Å². The fourth-order valence-electron chi connectivity index (χ4n) is 4.71. The molecule has 1 aliphatic heterocycles. The molecule has 2 aromatic heterocycles. The molecule has 0 bridgehead atoms. The van der Waals surface area contributed by atoms with Crippen LogP contribution in [0, 0.1) is 0 Å². The lowest BCUT2D eigenvalue weighted by Crippen LogP contribution is -2.29. The number of benzene rings is 3. The van der Waals surface area contributed by atoms with Crippen LogP contribution in [0.2, 0.25) is 0 Å². The molecule has 1 fully saturated rings. The standard InChI is InChI=1S/C29H21N3O4S/c1-2-36-19-12-13-22-23(15-19)37-29(31-22)32-25(18-9-6-14-30-16-18)24(27(34)28(32)35)26(33)21-11-5-8-17-7-3-4-10-20(17)21/h3-16,25,33H,2H2,1H3/b26-24+. The maximum Gasteiger partial charge on any atom is 0.301 e. The molecule has 37 heavy (non-hydrogen) atoms. The summed E-state index contributed by atoms with van der Waals surface area (Å²) >= 11 is 1.29. The van der Waals surface area contributed by atoms with E-state index >= 15 is 0 Å². The zero-order valence-electron chi connectivity index (χ0n) is 19.8. The molecular formula is C29H21N3O4S. The molecule has 1 N–H and O–H groups in total. The summed E-state index contributed by atoms with van der Waals surface area (Å²) in [4.78, 5) is 37.2. The van der Waals surface area contributed by atoms with Crippen molar-refractivity contribution in [2.24, 2.45) is 0 Å². The van der Waals surface area contributed by atoms with Crippen molar-refractivity contribution in [1.29, 1.82) is 0 Å². The van der Waals surface area contributed by atoms with Gasteiger partial charge < -0.3 is 9.84 Å². The zero-order chi connectivity index (χ0) is 25.5. The van der Waals surface area contributed by atoms with E-state index in [1.165, 1.54) is 16.2 Å². The van der Waals surface area contributed by atoms with Gasteiger partial charge in [-0.1, -0.05) is 59.9 Å². The number of pyridine rings is 1. The number of amides is 1. The molecule has 182 valence electrons. The highest BCUT2D eigenvalue weighted by molar-refractivity contribution is 7.22. The molecule has 0 aliphatic carbocycles. The van der Waals surface area contributed by atoms with Gasteiger partial charge in [-0.15, -0.1) is 0 Å². The Balaban J connectivity index is 1.56. The first-order chi connectivity index (χ1) is 18.1. The van der Waals surface area contributed by atoms with Gasteiger partial charge in [0.05, 0.1) is 28.4 Å². The van der Waals surface area contributed by atoms with Crippen molar-refractivity contribution in [3.05, 3.63) is 102 Å². The summed E-state index contributed by atoms with van der Waals surface area (Å²) in [5.74, 6) is -1.05. The van der Waals surface area contributed by atoms with Gasteiger partial charge in [0.15, 0.2) is 5.13 Å². The van der Waals surface area contributed by atoms with Crippen LogP contribution < -0.4 is 9.64 Å². The van der Waals surface area contributed by atoms with E-state index < -0.39 is 17.7 Å². The molecule has 8 heteroatoms. The number of fused-ring (bicyclic) bond motifs is 2. The van der Waals surface area contributed by atoms with Crippen LogP contribution in [0.4, 0.5) is 5.13 Å². The number of aromatic nitrogens is 2. The average molecular weight is 508 g/mol. The molecule has 5 aromatic rings. The van der Waals surface area contributed by atoms with Crippen LogP contribution in [0.1, 0.15) is 24.1 Å². The minimum absolute atomic E-state index is 0.00335. The summed E-state index contributed by atoms with van der Waals surface area (Å²) in [5.41, 5.74) is 1.77. The van der Waals surface area contributed by atoms with Crippen molar-refractivity contribution in [2.45, 2.75) is 13.0 Å². The SMILES string of the molecule is CCOc1ccc2nc(N3C(=O)C(=O)/C(=C(/O)c4cccc5ccccc45)C3c3cccnc3)sc2c1.